The summed E-state index contributed by atoms with van der Waals surface area (Å²) in [5, 5.41) is 0. The first-order valence-corrected chi connectivity index (χ1v) is 8.27. The number of benzene rings is 1. The smallest absolute Gasteiger partial charge is 0.244 e. The van der Waals surface area contributed by atoms with Crippen molar-refractivity contribution in [3.05, 3.63) is 29.6 Å². The number of carbonyl (C=O) groups is 1. The van der Waals surface area contributed by atoms with Crippen LogP contribution < -0.4 is 5.73 Å². The highest BCUT2D eigenvalue weighted by molar-refractivity contribution is 7.89. The van der Waals surface area contributed by atoms with Crippen molar-refractivity contribution < 1.29 is 22.3 Å². The van der Waals surface area contributed by atoms with E-state index in [4.69, 9.17) is 10.5 Å². The molecule has 1 amide bonds. The average molecular weight is 330 g/mol. The molecular weight excluding hydrogens is 311 g/mol. The SMILES string of the molecule is COCC1(C(N)=O)CCCN1S(=O)(=O)c1cc(F)ccc1C. The Bertz CT molecular complexity index is 692. The fraction of sp³-hybridized carbons (Fsp3) is 0.500. The van der Waals surface area contributed by atoms with Crippen LogP contribution in [0.15, 0.2) is 23.1 Å². The van der Waals surface area contributed by atoms with Gasteiger partial charge < -0.3 is 10.5 Å². The first kappa shape index (κ1) is 16.9. The first-order valence-electron chi connectivity index (χ1n) is 6.83. The van der Waals surface area contributed by atoms with Gasteiger partial charge in [-0.25, -0.2) is 12.8 Å². The molecule has 1 aromatic rings. The van der Waals surface area contributed by atoms with Crippen LogP contribution in [0.1, 0.15) is 18.4 Å². The number of ether oxygens (including phenoxy) is 1. The minimum absolute atomic E-state index is 0.129. The summed E-state index contributed by atoms with van der Waals surface area (Å²) in [6.45, 7) is 1.59. The van der Waals surface area contributed by atoms with Crippen LogP contribution in [0.25, 0.3) is 0 Å². The summed E-state index contributed by atoms with van der Waals surface area (Å²) in [6.07, 6.45) is 0.768. The molecule has 1 aliphatic heterocycles. The maximum absolute atomic E-state index is 13.5. The molecule has 0 saturated carbocycles. The van der Waals surface area contributed by atoms with Crippen LogP contribution in [0.5, 0.6) is 0 Å². The van der Waals surface area contributed by atoms with Gasteiger partial charge in [-0.05, 0) is 37.5 Å². The van der Waals surface area contributed by atoms with E-state index in [9.17, 15) is 17.6 Å². The van der Waals surface area contributed by atoms with Crippen LogP contribution >= 0.6 is 0 Å². The van der Waals surface area contributed by atoms with E-state index in [1.807, 2.05) is 0 Å². The number of amides is 1. The third-order valence-electron chi connectivity index (χ3n) is 3.99. The zero-order valence-electron chi connectivity index (χ0n) is 12.5. The van der Waals surface area contributed by atoms with Crippen molar-refractivity contribution in [2.45, 2.75) is 30.2 Å². The van der Waals surface area contributed by atoms with Gasteiger partial charge in [-0.2, -0.15) is 4.31 Å². The molecule has 1 fully saturated rings. The van der Waals surface area contributed by atoms with Gasteiger partial charge >= 0.3 is 0 Å². The highest BCUT2D eigenvalue weighted by Gasteiger charge is 2.52. The van der Waals surface area contributed by atoms with Gasteiger partial charge in [0.1, 0.15) is 11.4 Å². The van der Waals surface area contributed by atoms with Gasteiger partial charge in [-0.1, -0.05) is 6.07 Å². The van der Waals surface area contributed by atoms with Gasteiger partial charge in [0.15, 0.2) is 0 Å². The van der Waals surface area contributed by atoms with Crippen molar-refractivity contribution in [1.29, 1.82) is 0 Å². The van der Waals surface area contributed by atoms with E-state index in [2.05, 4.69) is 0 Å². The minimum Gasteiger partial charge on any atom is -0.382 e. The number of hydrogen-bond acceptors (Lipinski definition) is 4. The molecule has 0 aliphatic carbocycles. The molecular formula is C14H19FN2O4S. The summed E-state index contributed by atoms with van der Waals surface area (Å²) >= 11 is 0. The number of halogens is 1. The molecule has 0 radical (unpaired) electrons. The predicted molar refractivity (Wildman–Crippen MR) is 78.1 cm³/mol. The number of rotatable bonds is 5. The summed E-state index contributed by atoms with van der Waals surface area (Å²) in [6, 6.07) is 3.54. The Labute approximate surface area is 129 Å². The standard InChI is InChI=1S/C14H19FN2O4S/c1-10-4-5-11(15)8-12(10)22(19,20)17-7-3-6-14(17,9-21-2)13(16)18/h4-5,8H,3,6-7,9H2,1-2H3,(H2,16,18). The number of methoxy groups -OCH3 is 1. The van der Waals surface area contributed by atoms with E-state index in [1.165, 1.54) is 19.2 Å². The number of sulfonamides is 1. The highest BCUT2D eigenvalue weighted by atomic mass is 32.2. The van der Waals surface area contributed by atoms with Crippen LogP contribution in [0.2, 0.25) is 0 Å². The van der Waals surface area contributed by atoms with Gasteiger partial charge in [-0.3, -0.25) is 4.79 Å². The van der Waals surface area contributed by atoms with E-state index < -0.39 is 27.3 Å². The number of carbonyl (C=O) groups excluding carboxylic acids is 1. The maximum atomic E-state index is 13.5. The Kier molecular flexibility index (Phi) is 4.55. The van der Waals surface area contributed by atoms with Crippen LogP contribution in [-0.4, -0.2) is 44.4 Å². The van der Waals surface area contributed by atoms with E-state index in [0.29, 0.717) is 12.0 Å². The molecule has 6 nitrogen and oxygen atoms in total. The normalized spacial score (nSPS) is 22.9. The van der Waals surface area contributed by atoms with Crippen LogP contribution in [0.4, 0.5) is 4.39 Å². The third kappa shape index (κ3) is 2.62. The molecule has 0 spiro atoms. The largest absolute Gasteiger partial charge is 0.382 e. The second-order valence-electron chi connectivity index (χ2n) is 5.42. The monoisotopic (exact) mass is 330 g/mol. The lowest BCUT2D eigenvalue weighted by Crippen LogP contribution is -2.58. The van der Waals surface area contributed by atoms with E-state index >= 15 is 0 Å². The molecule has 2 N–H and O–H groups in total. The van der Waals surface area contributed by atoms with Crippen LogP contribution in [0, 0.1) is 12.7 Å². The number of aryl methyl sites for hydroxylation is 1. The zero-order valence-corrected chi connectivity index (χ0v) is 13.3. The van der Waals surface area contributed by atoms with Crippen molar-refractivity contribution in [2.24, 2.45) is 5.73 Å². The predicted octanol–water partition coefficient (Wildman–Crippen LogP) is 0.789. The molecule has 0 aromatic heterocycles. The van der Waals surface area contributed by atoms with Crippen molar-refractivity contribution in [2.75, 3.05) is 20.3 Å². The van der Waals surface area contributed by atoms with Crippen molar-refractivity contribution >= 4 is 15.9 Å². The second kappa shape index (κ2) is 5.94. The molecule has 1 aromatic carbocycles. The van der Waals surface area contributed by atoms with Gasteiger partial charge in [0.05, 0.1) is 11.5 Å². The molecule has 1 saturated heterocycles. The molecule has 1 unspecified atom stereocenters. The highest BCUT2D eigenvalue weighted by Crippen LogP contribution is 2.36. The summed E-state index contributed by atoms with van der Waals surface area (Å²) < 4.78 is 45.3. The van der Waals surface area contributed by atoms with Crippen LogP contribution in [0.3, 0.4) is 0 Å². The Morgan fingerprint density at radius 2 is 2.18 bits per heavy atom. The van der Waals surface area contributed by atoms with Crippen molar-refractivity contribution in [1.82, 2.24) is 4.31 Å². The molecule has 0 bridgehead atoms. The molecule has 22 heavy (non-hydrogen) atoms. The summed E-state index contributed by atoms with van der Waals surface area (Å²) in [7, 11) is -2.68. The first-order chi connectivity index (χ1) is 10.3. The number of hydrogen-bond donors (Lipinski definition) is 1. The molecule has 122 valence electrons. The van der Waals surface area contributed by atoms with Crippen molar-refractivity contribution in [3.8, 4) is 0 Å². The summed E-state index contributed by atoms with van der Waals surface area (Å²) in [5.41, 5.74) is 4.44. The Morgan fingerprint density at radius 3 is 2.77 bits per heavy atom. The topological polar surface area (TPSA) is 89.7 Å². The number of nitrogens with zero attached hydrogens (tertiary/aromatic N) is 1. The van der Waals surface area contributed by atoms with Crippen LogP contribution in [-0.2, 0) is 19.6 Å². The molecule has 1 aliphatic rings. The maximum Gasteiger partial charge on any atom is 0.244 e. The molecule has 2 rings (SSSR count). The Morgan fingerprint density at radius 1 is 1.50 bits per heavy atom. The van der Waals surface area contributed by atoms with Crippen molar-refractivity contribution in [3.63, 3.8) is 0 Å². The number of nitrogens with two attached hydrogens (primary N) is 1. The quantitative estimate of drug-likeness (QED) is 0.864. The van der Waals surface area contributed by atoms with E-state index in [1.54, 1.807) is 6.92 Å². The summed E-state index contributed by atoms with van der Waals surface area (Å²) in [4.78, 5) is 11.8. The lowest BCUT2D eigenvalue weighted by molar-refractivity contribution is -0.128. The molecule has 8 heteroatoms. The van der Waals surface area contributed by atoms with E-state index in [-0.39, 0.29) is 24.5 Å². The average Bonchev–Trinajstić information content (AvgIpc) is 2.87. The molecule has 1 heterocycles. The fourth-order valence-corrected chi connectivity index (χ4v) is 4.91. The lowest BCUT2D eigenvalue weighted by Gasteiger charge is -2.34. The second-order valence-corrected chi connectivity index (χ2v) is 7.25. The van der Waals surface area contributed by atoms with Gasteiger partial charge in [-0.15, -0.1) is 0 Å². The minimum atomic E-state index is -4.05. The van der Waals surface area contributed by atoms with Gasteiger partial charge in [0.2, 0.25) is 15.9 Å². The van der Waals surface area contributed by atoms with Gasteiger partial charge in [0.25, 0.3) is 0 Å². The number of primary amides is 1. The van der Waals surface area contributed by atoms with Gasteiger partial charge in [0, 0.05) is 13.7 Å². The Balaban J connectivity index is 2.56. The van der Waals surface area contributed by atoms with E-state index in [0.717, 1.165) is 10.4 Å². The third-order valence-corrected chi connectivity index (χ3v) is 6.10. The summed E-state index contributed by atoms with van der Waals surface area (Å²) in [5.74, 6) is -1.41. The Hall–Kier alpha value is -1.51. The lowest BCUT2D eigenvalue weighted by atomic mass is 9.98. The fourth-order valence-electron chi connectivity index (χ4n) is 2.87. The zero-order chi connectivity index (χ0) is 16.5. The molecule has 1 atom stereocenters.